The maximum Gasteiger partial charge on any atom is 0.239 e. The van der Waals surface area contributed by atoms with Crippen molar-refractivity contribution in [3.8, 4) is 0 Å². The fraction of sp³-hybridized carbons (Fsp3) is 0.300. The number of benzene rings is 1. The Morgan fingerprint density at radius 2 is 1.88 bits per heavy atom. The highest BCUT2D eigenvalue weighted by atomic mass is 127. The van der Waals surface area contributed by atoms with Crippen molar-refractivity contribution in [1.29, 1.82) is 0 Å². The quantitative estimate of drug-likeness (QED) is 0.416. The SMILES string of the molecule is CCS(=O)(=O)[C@](Br)(I)C(=O)c1ccc(F)cc1. The molecule has 0 N–H and O–H groups in total. The number of alkyl halides is 2. The van der Waals surface area contributed by atoms with Crippen molar-refractivity contribution in [2.45, 2.75) is 8.59 Å². The molecule has 0 aliphatic heterocycles. The van der Waals surface area contributed by atoms with E-state index in [1.165, 1.54) is 19.1 Å². The van der Waals surface area contributed by atoms with Gasteiger partial charge in [-0.25, -0.2) is 12.8 Å². The number of carbonyl (C=O) groups excluding carboxylic acids is 1. The van der Waals surface area contributed by atoms with Crippen LogP contribution in [0.15, 0.2) is 24.3 Å². The molecule has 3 nitrogen and oxygen atoms in total. The van der Waals surface area contributed by atoms with Crippen LogP contribution in [0, 0.1) is 5.82 Å². The molecule has 94 valence electrons. The molecule has 0 amide bonds. The van der Waals surface area contributed by atoms with Crippen molar-refractivity contribution in [2.75, 3.05) is 5.75 Å². The second-order valence-electron chi connectivity index (χ2n) is 3.26. The first-order valence-corrected chi connectivity index (χ1v) is 8.15. The van der Waals surface area contributed by atoms with Gasteiger partial charge in [0.15, 0.2) is 9.84 Å². The monoisotopic (exact) mass is 434 g/mol. The molecule has 0 unspecified atom stereocenters. The lowest BCUT2D eigenvalue weighted by atomic mass is 10.1. The van der Waals surface area contributed by atoms with E-state index in [1.807, 2.05) is 0 Å². The zero-order chi connectivity index (χ0) is 13.3. The summed E-state index contributed by atoms with van der Waals surface area (Å²) in [6.07, 6.45) is 0. The number of hydrogen-bond donors (Lipinski definition) is 0. The number of Topliss-reactive ketones (excluding diaryl/α,β-unsaturated/α-hetero) is 1. The molecule has 1 atom stereocenters. The van der Waals surface area contributed by atoms with Crippen LogP contribution in [0.25, 0.3) is 0 Å². The minimum atomic E-state index is -3.60. The van der Waals surface area contributed by atoms with Crippen molar-refractivity contribution in [1.82, 2.24) is 0 Å². The molecule has 0 saturated heterocycles. The summed E-state index contributed by atoms with van der Waals surface area (Å²) in [5.74, 6) is -1.25. The van der Waals surface area contributed by atoms with Crippen LogP contribution in [0.3, 0.4) is 0 Å². The highest BCUT2D eigenvalue weighted by Gasteiger charge is 2.45. The van der Waals surface area contributed by atoms with E-state index in [0.29, 0.717) is 0 Å². The van der Waals surface area contributed by atoms with Crippen LogP contribution in [-0.2, 0) is 9.84 Å². The first-order chi connectivity index (χ1) is 7.72. The number of carbonyl (C=O) groups is 1. The van der Waals surface area contributed by atoms with E-state index in [9.17, 15) is 17.6 Å². The Morgan fingerprint density at radius 1 is 1.41 bits per heavy atom. The molecule has 17 heavy (non-hydrogen) atoms. The summed E-state index contributed by atoms with van der Waals surface area (Å²) in [6.45, 7) is 1.46. The van der Waals surface area contributed by atoms with Gasteiger partial charge >= 0.3 is 0 Å². The van der Waals surface area contributed by atoms with Gasteiger partial charge in [-0.1, -0.05) is 6.92 Å². The second kappa shape index (κ2) is 5.31. The largest absolute Gasteiger partial charge is 0.290 e. The molecule has 7 heteroatoms. The number of ketones is 1. The highest BCUT2D eigenvalue weighted by molar-refractivity contribution is 14.1. The molecule has 1 aromatic carbocycles. The predicted octanol–water partition coefficient (Wildman–Crippen LogP) is 2.93. The van der Waals surface area contributed by atoms with Gasteiger partial charge in [0.2, 0.25) is 7.45 Å². The van der Waals surface area contributed by atoms with Crippen LogP contribution in [-0.4, -0.2) is 21.6 Å². The summed E-state index contributed by atoms with van der Waals surface area (Å²) in [7, 11) is -3.60. The zero-order valence-corrected chi connectivity index (χ0v) is 13.3. The molecular weight excluding hydrogens is 426 g/mol. The Hall–Kier alpha value is -0.0200. The number of hydrogen-bond acceptors (Lipinski definition) is 3. The summed E-state index contributed by atoms with van der Waals surface area (Å²) in [5, 5.41) is 0. The molecule has 0 heterocycles. The minimum Gasteiger partial charge on any atom is -0.290 e. The number of halogens is 3. The van der Waals surface area contributed by atoms with E-state index in [1.54, 1.807) is 22.6 Å². The third-order valence-corrected chi connectivity index (χ3v) is 8.21. The van der Waals surface area contributed by atoms with Gasteiger partial charge in [-0.05, 0) is 62.8 Å². The maximum absolute atomic E-state index is 12.7. The smallest absolute Gasteiger partial charge is 0.239 e. The summed E-state index contributed by atoms with van der Waals surface area (Å²) < 4.78 is 34.5. The van der Waals surface area contributed by atoms with E-state index < -0.39 is 23.1 Å². The molecule has 0 aromatic heterocycles. The van der Waals surface area contributed by atoms with Crippen LogP contribution in [0.1, 0.15) is 17.3 Å². The fourth-order valence-electron chi connectivity index (χ4n) is 1.09. The Labute approximate surface area is 121 Å². The van der Waals surface area contributed by atoms with Gasteiger partial charge in [-0.15, -0.1) is 0 Å². The van der Waals surface area contributed by atoms with Crippen molar-refractivity contribution < 1.29 is 17.6 Å². The molecule has 0 saturated carbocycles. The number of rotatable bonds is 4. The summed E-state index contributed by atoms with van der Waals surface area (Å²) >= 11 is 4.48. The van der Waals surface area contributed by atoms with Crippen LogP contribution in [0.2, 0.25) is 0 Å². The van der Waals surface area contributed by atoms with E-state index in [2.05, 4.69) is 15.9 Å². The van der Waals surface area contributed by atoms with Crippen LogP contribution in [0.5, 0.6) is 0 Å². The second-order valence-corrected chi connectivity index (χ2v) is 11.2. The van der Waals surface area contributed by atoms with Crippen molar-refractivity contribution in [2.24, 2.45) is 0 Å². The fourth-order valence-corrected chi connectivity index (χ4v) is 4.02. The Bertz CT molecular complexity index is 525. The van der Waals surface area contributed by atoms with E-state index in [4.69, 9.17) is 0 Å². The van der Waals surface area contributed by atoms with Crippen molar-refractivity contribution in [3.63, 3.8) is 0 Å². The van der Waals surface area contributed by atoms with Crippen molar-refractivity contribution in [3.05, 3.63) is 35.6 Å². The normalized spacial score (nSPS) is 15.3. The first-order valence-electron chi connectivity index (χ1n) is 4.63. The standard InChI is InChI=1S/C10H9BrFIO3S/c1-2-17(15,16)10(11,13)9(14)7-3-5-8(12)6-4-7/h3-6H,2H2,1H3/t10-/m1/s1. The maximum atomic E-state index is 12.7. The third-order valence-electron chi connectivity index (χ3n) is 2.14. The van der Waals surface area contributed by atoms with Crippen molar-refractivity contribution >= 4 is 54.1 Å². The third kappa shape index (κ3) is 3.05. The summed E-state index contributed by atoms with van der Waals surface area (Å²) in [5.41, 5.74) is 0.148. The molecule has 0 radical (unpaired) electrons. The predicted molar refractivity (Wildman–Crippen MR) is 75.9 cm³/mol. The molecular formula is C10H9BrFIO3S. The van der Waals surface area contributed by atoms with Crippen LogP contribution >= 0.6 is 38.5 Å². The Morgan fingerprint density at radius 3 is 2.29 bits per heavy atom. The van der Waals surface area contributed by atoms with Gasteiger partial charge in [-0.2, -0.15) is 0 Å². The first kappa shape index (κ1) is 15.0. The van der Waals surface area contributed by atoms with E-state index >= 15 is 0 Å². The van der Waals surface area contributed by atoms with Gasteiger partial charge in [0.25, 0.3) is 0 Å². The lowest BCUT2D eigenvalue weighted by Gasteiger charge is -2.18. The number of sulfone groups is 1. The lowest BCUT2D eigenvalue weighted by molar-refractivity contribution is 0.101. The van der Waals surface area contributed by atoms with Gasteiger partial charge in [0.05, 0.1) is 5.75 Å². The molecule has 0 aliphatic carbocycles. The van der Waals surface area contributed by atoms with Gasteiger partial charge in [0, 0.05) is 5.56 Å². The van der Waals surface area contributed by atoms with Crippen LogP contribution in [0.4, 0.5) is 4.39 Å². The average molecular weight is 435 g/mol. The van der Waals surface area contributed by atoms with E-state index in [0.717, 1.165) is 12.1 Å². The molecule has 1 aromatic rings. The van der Waals surface area contributed by atoms with Crippen LogP contribution < -0.4 is 0 Å². The molecule has 0 bridgehead atoms. The average Bonchev–Trinajstić information content (AvgIpc) is 2.28. The van der Waals surface area contributed by atoms with Gasteiger partial charge < -0.3 is 0 Å². The summed E-state index contributed by atoms with van der Waals surface area (Å²) in [4.78, 5) is 12.0. The Kier molecular flexibility index (Phi) is 4.70. The van der Waals surface area contributed by atoms with E-state index in [-0.39, 0.29) is 11.3 Å². The lowest BCUT2D eigenvalue weighted by Crippen LogP contribution is -2.35. The highest BCUT2D eigenvalue weighted by Crippen LogP contribution is 2.37. The molecule has 1 rings (SSSR count). The van der Waals surface area contributed by atoms with Gasteiger partial charge in [0.1, 0.15) is 5.82 Å². The zero-order valence-electron chi connectivity index (χ0n) is 8.78. The molecule has 0 spiro atoms. The molecule has 0 fully saturated rings. The van der Waals surface area contributed by atoms with Gasteiger partial charge in [-0.3, -0.25) is 4.79 Å². The molecule has 0 aliphatic rings. The Balaban J connectivity index is 3.18. The summed E-state index contributed by atoms with van der Waals surface area (Å²) in [6, 6.07) is 4.76. The minimum absolute atomic E-state index is 0.148. The topological polar surface area (TPSA) is 51.2 Å².